The van der Waals surface area contributed by atoms with Crippen LogP contribution < -0.4 is 0 Å². The van der Waals surface area contributed by atoms with Crippen LogP contribution in [-0.4, -0.2) is 49.7 Å². The third-order valence-electron chi connectivity index (χ3n) is 4.65. The number of halogens is 2. The highest BCUT2D eigenvalue weighted by Crippen LogP contribution is 2.24. The molecule has 0 radical (unpaired) electrons. The van der Waals surface area contributed by atoms with Crippen molar-refractivity contribution in [1.29, 1.82) is 0 Å². The molecule has 0 saturated carbocycles. The van der Waals surface area contributed by atoms with E-state index >= 15 is 0 Å². The lowest BCUT2D eigenvalue weighted by atomic mass is 10.2. The number of piperazine rings is 1. The van der Waals surface area contributed by atoms with Crippen LogP contribution >= 0.6 is 15.9 Å². The fourth-order valence-electron chi connectivity index (χ4n) is 3.09. The first-order valence-corrected chi connectivity index (χ1v) is 10.7. The number of carbonyl (C=O) groups excluding carboxylic acids is 1. The summed E-state index contributed by atoms with van der Waals surface area (Å²) < 4.78 is 41.3. The summed E-state index contributed by atoms with van der Waals surface area (Å²) in [7, 11) is -3.62. The van der Waals surface area contributed by atoms with Crippen molar-refractivity contribution in [3.05, 3.63) is 63.4 Å². The minimum absolute atomic E-state index is 0.203. The molecule has 144 valence electrons. The lowest BCUT2D eigenvalue weighted by molar-refractivity contribution is 0.0696. The Bertz CT molecular complexity index is 986. The van der Waals surface area contributed by atoms with E-state index in [9.17, 15) is 17.6 Å². The van der Waals surface area contributed by atoms with Gasteiger partial charge in [-0.05, 0) is 65.2 Å². The molecule has 1 aliphatic rings. The van der Waals surface area contributed by atoms with Gasteiger partial charge in [-0.1, -0.05) is 12.1 Å². The Morgan fingerprint density at radius 1 is 1.04 bits per heavy atom. The number of hydrogen-bond donors (Lipinski definition) is 0. The van der Waals surface area contributed by atoms with Crippen molar-refractivity contribution in [2.75, 3.05) is 26.2 Å². The Balaban J connectivity index is 1.76. The van der Waals surface area contributed by atoms with E-state index in [0.29, 0.717) is 14.9 Å². The third-order valence-corrected chi connectivity index (χ3v) is 7.38. The minimum Gasteiger partial charge on any atom is -0.336 e. The molecule has 0 bridgehead atoms. The van der Waals surface area contributed by atoms with Crippen molar-refractivity contribution in [1.82, 2.24) is 9.21 Å². The standard InChI is InChI=1S/C19H20BrFN2O3S/c1-13-3-4-14(2)18(11-13)27(25,26)23-9-7-22(8-10-23)19(24)16-12-15(21)5-6-17(16)20/h3-6,11-12H,7-10H2,1-2H3. The molecule has 0 atom stereocenters. The number of amides is 1. The highest BCUT2D eigenvalue weighted by Gasteiger charge is 2.31. The van der Waals surface area contributed by atoms with Crippen molar-refractivity contribution in [3.8, 4) is 0 Å². The first kappa shape index (κ1) is 20.0. The van der Waals surface area contributed by atoms with Crippen molar-refractivity contribution < 1.29 is 17.6 Å². The minimum atomic E-state index is -3.62. The van der Waals surface area contributed by atoms with E-state index in [1.807, 2.05) is 13.0 Å². The van der Waals surface area contributed by atoms with Gasteiger partial charge in [0.1, 0.15) is 5.82 Å². The van der Waals surface area contributed by atoms with Gasteiger partial charge in [-0.3, -0.25) is 4.79 Å². The molecule has 27 heavy (non-hydrogen) atoms. The van der Waals surface area contributed by atoms with Crippen LogP contribution in [0.15, 0.2) is 45.8 Å². The van der Waals surface area contributed by atoms with Gasteiger partial charge in [0.15, 0.2) is 0 Å². The molecule has 0 N–H and O–H groups in total. The molecule has 0 aromatic heterocycles. The second-order valence-electron chi connectivity index (χ2n) is 6.59. The van der Waals surface area contributed by atoms with Gasteiger partial charge in [-0.15, -0.1) is 0 Å². The molecule has 0 aliphatic carbocycles. The molecule has 2 aromatic carbocycles. The average Bonchev–Trinajstić information content (AvgIpc) is 2.65. The molecule has 8 heteroatoms. The number of benzene rings is 2. The van der Waals surface area contributed by atoms with Crippen LogP contribution in [0.1, 0.15) is 21.5 Å². The zero-order chi connectivity index (χ0) is 19.8. The second kappa shape index (κ2) is 7.69. The fourth-order valence-corrected chi connectivity index (χ4v) is 5.24. The molecular weight excluding hydrogens is 435 g/mol. The normalized spacial score (nSPS) is 15.8. The molecule has 3 rings (SSSR count). The maximum Gasteiger partial charge on any atom is 0.255 e. The molecule has 1 amide bonds. The average molecular weight is 455 g/mol. The predicted octanol–water partition coefficient (Wildman–Crippen LogP) is 3.35. The van der Waals surface area contributed by atoms with E-state index in [1.165, 1.54) is 22.5 Å². The summed E-state index contributed by atoms with van der Waals surface area (Å²) in [6.07, 6.45) is 0. The number of nitrogens with zero attached hydrogens (tertiary/aromatic N) is 2. The van der Waals surface area contributed by atoms with Gasteiger partial charge in [0, 0.05) is 30.7 Å². The van der Waals surface area contributed by atoms with E-state index in [4.69, 9.17) is 0 Å². The molecule has 5 nitrogen and oxygen atoms in total. The van der Waals surface area contributed by atoms with E-state index < -0.39 is 15.8 Å². The molecule has 1 aliphatic heterocycles. The SMILES string of the molecule is Cc1ccc(C)c(S(=O)(=O)N2CCN(C(=O)c3cc(F)ccc3Br)CC2)c1. The Labute approximate surface area is 167 Å². The molecular formula is C19H20BrFN2O3S. The molecule has 1 heterocycles. The van der Waals surface area contributed by atoms with Gasteiger partial charge < -0.3 is 4.90 Å². The number of carbonyl (C=O) groups is 1. The lowest BCUT2D eigenvalue weighted by Gasteiger charge is -2.34. The largest absolute Gasteiger partial charge is 0.336 e. The van der Waals surface area contributed by atoms with Crippen LogP contribution in [0.25, 0.3) is 0 Å². The summed E-state index contributed by atoms with van der Waals surface area (Å²) in [5, 5.41) is 0. The summed E-state index contributed by atoms with van der Waals surface area (Å²) in [6, 6.07) is 9.29. The van der Waals surface area contributed by atoms with Gasteiger partial charge in [-0.2, -0.15) is 4.31 Å². The summed E-state index contributed by atoms with van der Waals surface area (Å²) in [6.45, 7) is 4.54. The van der Waals surface area contributed by atoms with E-state index in [1.54, 1.807) is 24.0 Å². The quantitative estimate of drug-likeness (QED) is 0.714. The number of aryl methyl sites for hydroxylation is 2. The van der Waals surface area contributed by atoms with Crippen molar-refractivity contribution in [2.24, 2.45) is 0 Å². The van der Waals surface area contributed by atoms with Gasteiger partial charge in [0.25, 0.3) is 5.91 Å². The van der Waals surface area contributed by atoms with Crippen LogP contribution in [0, 0.1) is 19.7 Å². The lowest BCUT2D eigenvalue weighted by Crippen LogP contribution is -2.50. The third kappa shape index (κ3) is 4.07. The number of rotatable bonds is 3. The zero-order valence-corrected chi connectivity index (χ0v) is 17.5. The Hall–Kier alpha value is -1.77. The Kier molecular flexibility index (Phi) is 5.69. The smallest absolute Gasteiger partial charge is 0.255 e. The molecule has 0 spiro atoms. The van der Waals surface area contributed by atoms with Gasteiger partial charge in [0.05, 0.1) is 10.5 Å². The summed E-state index contributed by atoms with van der Waals surface area (Å²) in [4.78, 5) is 14.5. The van der Waals surface area contributed by atoms with Gasteiger partial charge in [0.2, 0.25) is 10.0 Å². The molecule has 0 unspecified atom stereocenters. The highest BCUT2D eigenvalue weighted by atomic mass is 79.9. The van der Waals surface area contributed by atoms with Crippen LogP contribution in [0.2, 0.25) is 0 Å². The highest BCUT2D eigenvalue weighted by molar-refractivity contribution is 9.10. The van der Waals surface area contributed by atoms with Crippen LogP contribution in [0.3, 0.4) is 0 Å². The fraction of sp³-hybridized carbons (Fsp3) is 0.316. The maximum atomic E-state index is 13.5. The van der Waals surface area contributed by atoms with Gasteiger partial charge >= 0.3 is 0 Å². The molecule has 1 saturated heterocycles. The summed E-state index contributed by atoms with van der Waals surface area (Å²) in [5.74, 6) is -0.803. The summed E-state index contributed by atoms with van der Waals surface area (Å²) in [5.41, 5.74) is 1.81. The first-order chi connectivity index (χ1) is 12.7. The molecule has 2 aromatic rings. The number of hydrogen-bond acceptors (Lipinski definition) is 3. The Morgan fingerprint density at radius 3 is 2.37 bits per heavy atom. The maximum absolute atomic E-state index is 13.5. The van der Waals surface area contributed by atoms with Gasteiger partial charge in [-0.25, -0.2) is 12.8 Å². The topological polar surface area (TPSA) is 57.7 Å². The number of sulfonamides is 1. The predicted molar refractivity (Wildman–Crippen MR) is 105 cm³/mol. The van der Waals surface area contributed by atoms with Crippen LogP contribution in [0.4, 0.5) is 4.39 Å². The Morgan fingerprint density at radius 2 is 1.70 bits per heavy atom. The van der Waals surface area contributed by atoms with Crippen molar-refractivity contribution in [2.45, 2.75) is 18.7 Å². The zero-order valence-electron chi connectivity index (χ0n) is 15.1. The monoisotopic (exact) mass is 454 g/mol. The van der Waals surface area contributed by atoms with E-state index in [-0.39, 0.29) is 37.6 Å². The summed E-state index contributed by atoms with van der Waals surface area (Å²) >= 11 is 3.27. The van der Waals surface area contributed by atoms with Crippen molar-refractivity contribution >= 4 is 31.9 Å². The van der Waals surface area contributed by atoms with Crippen LogP contribution in [-0.2, 0) is 10.0 Å². The molecule has 1 fully saturated rings. The van der Waals surface area contributed by atoms with E-state index in [0.717, 1.165) is 5.56 Å². The first-order valence-electron chi connectivity index (χ1n) is 8.52. The second-order valence-corrected chi connectivity index (χ2v) is 9.35. The van der Waals surface area contributed by atoms with E-state index in [2.05, 4.69) is 15.9 Å². The van der Waals surface area contributed by atoms with Crippen LogP contribution in [0.5, 0.6) is 0 Å². The van der Waals surface area contributed by atoms with Crippen molar-refractivity contribution in [3.63, 3.8) is 0 Å².